The Balaban J connectivity index is 2.04. The van der Waals surface area contributed by atoms with Crippen LogP contribution in [0.5, 0.6) is 0 Å². The molecule has 1 saturated carbocycles. The summed E-state index contributed by atoms with van der Waals surface area (Å²) in [5.74, 6) is -1.18. The Morgan fingerprint density at radius 1 is 1.53 bits per heavy atom. The number of carboxylic acids is 1. The second-order valence-electron chi connectivity index (χ2n) is 4.55. The van der Waals surface area contributed by atoms with E-state index in [1.165, 1.54) is 10.6 Å². The van der Waals surface area contributed by atoms with Crippen molar-refractivity contribution in [3.8, 4) is 6.07 Å². The third kappa shape index (κ3) is 3.13. The first-order chi connectivity index (χ1) is 9.13. The number of carboxylic acid groups (broad SMARTS) is 1. The van der Waals surface area contributed by atoms with Gasteiger partial charge in [-0.05, 0) is 25.0 Å². The fraction of sp³-hybridized carbons (Fsp3) is 0.462. The minimum absolute atomic E-state index is 0.0105. The molecule has 19 heavy (non-hydrogen) atoms. The summed E-state index contributed by atoms with van der Waals surface area (Å²) in [4.78, 5) is 24.8. The van der Waals surface area contributed by atoms with Crippen molar-refractivity contribution < 1.29 is 14.7 Å². The molecule has 1 aliphatic carbocycles. The van der Waals surface area contributed by atoms with Crippen molar-refractivity contribution in [2.24, 2.45) is 0 Å². The summed E-state index contributed by atoms with van der Waals surface area (Å²) in [6.45, 7) is 0.431. The summed E-state index contributed by atoms with van der Waals surface area (Å²) < 4.78 is 1.42. The lowest BCUT2D eigenvalue weighted by Gasteiger charge is -2.21. The van der Waals surface area contributed by atoms with Crippen LogP contribution in [-0.2, 0) is 11.3 Å². The second-order valence-corrected chi connectivity index (χ2v) is 4.55. The lowest BCUT2D eigenvalue weighted by atomic mass is 10.3. The average molecular weight is 261 g/mol. The van der Waals surface area contributed by atoms with Crippen LogP contribution in [0.2, 0.25) is 0 Å². The number of carbonyl (C=O) groups excluding carboxylic acids is 1. The first-order valence-electron chi connectivity index (χ1n) is 6.18. The van der Waals surface area contributed by atoms with E-state index in [1.807, 2.05) is 6.07 Å². The van der Waals surface area contributed by atoms with Crippen molar-refractivity contribution >= 4 is 11.9 Å². The molecule has 6 nitrogen and oxygen atoms in total. The highest BCUT2D eigenvalue weighted by molar-refractivity contribution is 5.87. The normalized spacial score (nSPS) is 13.8. The monoisotopic (exact) mass is 261 g/mol. The van der Waals surface area contributed by atoms with Crippen LogP contribution in [0.1, 0.15) is 29.8 Å². The van der Waals surface area contributed by atoms with Crippen LogP contribution >= 0.6 is 0 Å². The van der Waals surface area contributed by atoms with Gasteiger partial charge in [0.15, 0.2) is 0 Å². The molecule has 0 saturated heterocycles. The van der Waals surface area contributed by atoms with Crippen molar-refractivity contribution in [3.63, 3.8) is 0 Å². The summed E-state index contributed by atoms with van der Waals surface area (Å²) in [6.07, 6.45) is 3.82. The van der Waals surface area contributed by atoms with Crippen molar-refractivity contribution in [1.82, 2.24) is 9.47 Å². The molecule has 100 valence electrons. The third-order valence-corrected chi connectivity index (χ3v) is 3.13. The Morgan fingerprint density at radius 2 is 2.26 bits per heavy atom. The number of nitriles is 1. The zero-order valence-electron chi connectivity index (χ0n) is 10.5. The van der Waals surface area contributed by atoms with E-state index in [1.54, 1.807) is 17.2 Å². The lowest BCUT2D eigenvalue weighted by molar-refractivity contribution is -0.132. The molecule has 0 aliphatic heterocycles. The molecule has 0 spiro atoms. The third-order valence-electron chi connectivity index (χ3n) is 3.13. The molecule has 1 heterocycles. The van der Waals surface area contributed by atoms with Gasteiger partial charge in [0.2, 0.25) is 5.91 Å². The smallest absolute Gasteiger partial charge is 0.352 e. The zero-order valence-corrected chi connectivity index (χ0v) is 10.5. The second kappa shape index (κ2) is 5.57. The molecule has 0 atom stereocenters. The maximum Gasteiger partial charge on any atom is 0.352 e. The van der Waals surface area contributed by atoms with Gasteiger partial charge in [0.25, 0.3) is 0 Å². The van der Waals surface area contributed by atoms with Crippen molar-refractivity contribution in [3.05, 3.63) is 24.0 Å². The zero-order chi connectivity index (χ0) is 13.8. The van der Waals surface area contributed by atoms with E-state index in [2.05, 4.69) is 0 Å². The summed E-state index contributed by atoms with van der Waals surface area (Å²) in [5, 5.41) is 17.6. The van der Waals surface area contributed by atoms with Gasteiger partial charge in [-0.25, -0.2) is 4.79 Å². The largest absolute Gasteiger partial charge is 0.477 e. The Morgan fingerprint density at radius 3 is 2.84 bits per heavy atom. The number of rotatable bonds is 6. The van der Waals surface area contributed by atoms with Gasteiger partial charge in [0.05, 0.1) is 12.5 Å². The molecule has 1 aliphatic rings. The number of nitrogens with zero attached hydrogens (tertiary/aromatic N) is 3. The number of amides is 1. The van der Waals surface area contributed by atoms with Gasteiger partial charge in [0.1, 0.15) is 12.2 Å². The highest BCUT2D eigenvalue weighted by atomic mass is 16.4. The highest BCUT2D eigenvalue weighted by Gasteiger charge is 2.32. The molecule has 1 amide bonds. The van der Waals surface area contributed by atoms with Crippen LogP contribution in [0.25, 0.3) is 0 Å². The average Bonchev–Trinajstić information content (AvgIpc) is 3.09. The minimum atomic E-state index is -1.05. The van der Waals surface area contributed by atoms with Gasteiger partial charge in [-0.1, -0.05) is 0 Å². The van der Waals surface area contributed by atoms with Crippen LogP contribution in [0.15, 0.2) is 18.3 Å². The fourth-order valence-corrected chi connectivity index (χ4v) is 2.05. The SMILES string of the molecule is N#CCCN(C(=O)Cn1cccc1C(=O)O)C1CC1. The molecule has 1 N–H and O–H groups in total. The van der Waals surface area contributed by atoms with Crippen LogP contribution in [0.3, 0.4) is 0 Å². The van der Waals surface area contributed by atoms with Crippen LogP contribution < -0.4 is 0 Å². The molecule has 0 radical (unpaired) electrons. The van der Waals surface area contributed by atoms with E-state index in [9.17, 15) is 9.59 Å². The number of hydrogen-bond acceptors (Lipinski definition) is 3. The lowest BCUT2D eigenvalue weighted by Crippen LogP contribution is -2.36. The van der Waals surface area contributed by atoms with E-state index < -0.39 is 5.97 Å². The number of hydrogen-bond donors (Lipinski definition) is 1. The Labute approximate surface area is 110 Å². The molecule has 0 unspecified atom stereocenters. The van der Waals surface area contributed by atoms with E-state index in [-0.39, 0.29) is 24.2 Å². The quantitative estimate of drug-likeness (QED) is 0.830. The standard InChI is InChI=1S/C13H15N3O3/c14-6-2-8-16(10-4-5-10)12(17)9-15-7-1-3-11(15)13(18)19/h1,3,7,10H,2,4-5,8-9H2,(H,18,19). The first kappa shape index (κ1) is 13.1. The molecule has 2 rings (SSSR count). The van der Waals surface area contributed by atoms with Gasteiger partial charge in [0, 0.05) is 18.8 Å². The minimum Gasteiger partial charge on any atom is -0.477 e. The number of carbonyl (C=O) groups is 2. The molecule has 0 aromatic carbocycles. The van der Waals surface area contributed by atoms with Crippen LogP contribution in [0.4, 0.5) is 0 Å². The predicted octanol–water partition coefficient (Wildman–Crippen LogP) is 1.09. The first-order valence-corrected chi connectivity index (χ1v) is 6.18. The maximum atomic E-state index is 12.2. The molecule has 0 bridgehead atoms. The highest BCUT2D eigenvalue weighted by Crippen LogP contribution is 2.27. The summed E-state index contributed by atoms with van der Waals surface area (Å²) in [5.41, 5.74) is 0.101. The van der Waals surface area contributed by atoms with E-state index >= 15 is 0 Å². The van der Waals surface area contributed by atoms with Crippen molar-refractivity contribution in [2.75, 3.05) is 6.54 Å². The van der Waals surface area contributed by atoms with Gasteiger partial charge in [-0.15, -0.1) is 0 Å². The van der Waals surface area contributed by atoms with Gasteiger partial charge < -0.3 is 14.6 Å². The van der Waals surface area contributed by atoms with Gasteiger partial charge in [-0.3, -0.25) is 4.79 Å². The van der Waals surface area contributed by atoms with E-state index in [0.717, 1.165) is 12.8 Å². The summed E-state index contributed by atoms with van der Waals surface area (Å²) in [6, 6.07) is 5.33. The molecule has 1 aromatic heterocycles. The van der Waals surface area contributed by atoms with E-state index in [0.29, 0.717) is 13.0 Å². The fourth-order valence-electron chi connectivity index (χ4n) is 2.05. The number of aromatic nitrogens is 1. The molecule has 1 aromatic rings. The van der Waals surface area contributed by atoms with Crippen molar-refractivity contribution in [1.29, 1.82) is 5.26 Å². The Kier molecular flexibility index (Phi) is 3.85. The maximum absolute atomic E-state index is 12.2. The number of aromatic carboxylic acids is 1. The Bertz CT molecular complexity index is 525. The van der Waals surface area contributed by atoms with Crippen LogP contribution in [-0.4, -0.2) is 39.0 Å². The van der Waals surface area contributed by atoms with Gasteiger partial charge >= 0.3 is 5.97 Å². The molecule has 6 heteroatoms. The topological polar surface area (TPSA) is 86.3 Å². The van der Waals surface area contributed by atoms with Gasteiger partial charge in [-0.2, -0.15) is 5.26 Å². The molecular formula is C13H15N3O3. The summed E-state index contributed by atoms with van der Waals surface area (Å²) >= 11 is 0. The van der Waals surface area contributed by atoms with Crippen LogP contribution in [0, 0.1) is 11.3 Å². The molecule has 1 fully saturated rings. The Hall–Kier alpha value is -2.29. The van der Waals surface area contributed by atoms with E-state index in [4.69, 9.17) is 10.4 Å². The summed E-state index contributed by atoms with van der Waals surface area (Å²) in [7, 11) is 0. The molecular weight excluding hydrogens is 246 g/mol. The predicted molar refractivity (Wildman–Crippen MR) is 66.4 cm³/mol. The van der Waals surface area contributed by atoms with Crippen molar-refractivity contribution in [2.45, 2.75) is 31.8 Å².